The quantitative estimate of drug-likeness (QED) is 0.556. The molecule has 88 valence electrons. The third kappa shape index (κ3) is 2.75. The van der Waals surface area contributed by atoms with Crippen molar-refractivity contribution < 1.29 is 14.4 Å². The minimum absolute atomic E-state index is 0.0943. The van der Waals surface area contributed by atoms with Gasteiger partial charge in [0.2, 0.25) is 12.3 Å². The predicted molar refractivity (Wildman–Crippen MR) is 52.6 cm³/mol. The minimum atomic E-state index is -0.583. The van der Waals surface area contributed by atoms with Crippen LogP contribution in [0.5, 0.6) is 0 Å². The highest BCUT2D eigenvalue weighted by Crippen LogP contribution is 2.25. The SMILES string of the molecule is Cc1noc(C[C@H](C)C[N+](=O)[O-])c1[N+](=O)[O-]. The first-order valence-electron chi connectivity index (χ1n) is 4.63. The first-order valence-corrected chi connectivity index (χ1v) is 4.63. The van der Waals surface area contributed by atoms with Crippen molar-refractivity contribution in [2.75, 3.05) is 6.54 Å². The molecule has 16 heavy (non-hydrogen) atoms. The van der Waals surface area contributed by atoms with Crippen LogP contribution in [0.15, 0.2) is 4.52 Å². The van der Waals surface area contributed by atoms with Crippen LogP contribution in [0, 0.1) is 33.1 Å². The van der Waals surface area contributed by atoms with Crippen LogP contribution in [-0.4, -0.2) is 21.5 Å². The van der Waals surface area contributed by atoms with Crippen LogP contribution in [0.3, 0.4) is 0 Å². The van der Waals surface area contributed by atoms with Crippen LogP contribution in [0.1, 0.15) is 18.4 Å². The highest BCUT2D eigenvalue weighted by atomic mass is 16.6. The van der Waals surface area contributed by atoms with E-state index < -0.39 is 9.85 Å². The monoisotopic (exact) mass is 229 g/mol. The molecule has 1 aromatic heterocycles. The number of nitrogens with zero attached hydrogens (tertiary/aromatic N) is 3. The molecular formula is C8H11N3O5. The topological polar surface area (TPSA) is 112 Å². The summed E-state index contributed by atoms with van der Waals surface area (Å²) in [5.74, 6) is -0.238. The van der Waals surface area contributed by atoms with Gasteiger partial charge in [-0.15, -0.1) is 0 Å². The van der Waals surface area contributed by atoms with Crippen molar-refractivity contribution in [3.63, 3.8) is 0 Å². The molecule has 0 N–H and O–H groups in total. The summed E-state index contributed by atoms with van der Waals surface area (Å²) in [4.78, 5) is 19.9. The van der Waals surface area contributed by atoms with Gasteiger partial charge in [-0.3, -0.25) is 20.2 Å². The highest BCUT2D eigenvalue weighted by molar-refractivity contribution is 5.37. The summed E-state index contributed by atoms with van der Waals surface area (Å²) >= 11 is 0. The largest absolute Gasteiger partial charge is 0.354 e. The van der Waals surface area contributed by atoms with Crippen LogP contribution >= 0.6 is 0 Å². The van der Waals surface area contributed by atoms with Crippen molar-refractivity contribution in [1.29, 1.82) is 0 Å². The van der Waals surface area contributed by atoms with Crippen molar-refractivity contribution in [2.45, 2.75) is 20.3 Å². The molecule has 0 aliphatic heterocycles. The van der Waals surface area contributed by atoms with Crippen LogP contribution in [0.2, 0.25) is 0 Å². The molecule has 0 bridgehead atoms. The number of hydrogen-bond acceptors (Lipinski definition) is 6. The Morgan fingerprint density at radius 1 is 1.44 bits per heavy atom. The first-order chi connectivity index (χ1) is 7.41. The van der Waals surface area contributed by atoms with Crippen molar-refractivity contribution >= 4 is 5.69 Å². The van der Waals surface area contributed by atoms with E-state index in [2.05, 4.69) is 5.16 Å². The van der Waals surface area contributed by atoms with Gasteiger partial charge in [0.15, 0.2) is 5.69 Å². The maximum atomic E-state index is 10.7. The molecule has 0 aromatic carbocycles. The summed E-state index contributed by atoms with van der Waals surface area (Å²) in [5.41, 5.74) is 0.00324. The van der Waals surface area contributed by atoms with Gasteiger partial charge in [0.25, 0.3) is 0 Å². The average Bonchev–Trinajstić information content (AvgIpc) is 2.45. The zero-order chi connectivity index (χ0) is 12.3. The highest BCUT2D eigenvalue weighted by Gasteiger charge is 2.26. The van der Waals surface area contributed by atoms with Crippen LogP contribution in [0.25, 0.3) is 0 Å². The average molecular weight is 229 g/mol. The van der Waals surface area contributed by atoms with Gasteiger partial charge in [0.05, 0.1) is 4.92 Å². The molecule has 0 unspecified atom stereocenters. The predicted octanol–water partition coefficient (Wildman–Crippen LogP) is 1.35. The normalized spacial score (nSPS) is 12.4. The third-order valence-electron chi connectivity index (χ3n) is 2.08. The zero-order valence-corrected chi connectivity index (χ0v) is 8.87. The fraction of sp³-hybridized carbons (Fsp3) is 0.625. The zero-order valence-electron chi connectivity index (χ0n) is 8.87. The Morgan fingerprint density at radius 3 is 2.56 bits per heavy atom. The Morgan fingerprint density at radius 2 is 2.06 bits per heavy atom. The van der Waals surface area contributed by atoms with Crippen LogP contribution in [-0.2, 0) is 6.42 Å². The van der Waals surface area contributed by atoms with E-state index in [0.29, 0.717) is 0 Å². The van der Waals surface area contributed by atoms with Crippen molar-refractivity contribution in [2.24, 2.45) is 5.92 Å². The molecule has 0 aliphatic carbocycles. The smallest absolute Gasteiger partial charge is 0.334 e. The van der Waals surface area contributed by atoms with Crippen LogP contribution in [0.4, 0.5) is 5.69 Å². The lowest BCUT2D eigenvalue weighted by Crippen LogP contribution is -2.13. The molecule has 0 aliphatic rings. The molecule has 8 heteroatoms. The first kappa shape index (κ1) is 12.1. The van der Waals surface area contributed by atoms with E-state index in [0.717, 1.165) is 0 Å². The second-order valence-electron chi connectivity index (χ2n) is 3.62. The Balaban J connectivity index is 2.81. The number of aryl methyl sites for hydroxylation is 1. The van der Waals surface area contributed by atoms with Gasteiger partial charge < -0.3 is 4.52 Å². The van der Waals surface area contributed by atoms with E-state index in [9.17, 15) is 20.2 Å². The molecule has 0 radical (unpaired) electrons. The van der Waals surface area contributed by atoms with Crippen molar-refractivity contribution in [3.8, 4) is 0 Å². The Labute approximate surface area is 90.5 Å². The summed E-state index contributed by atoms with van der Waals surface area (Å²) in [7, 11) is 0. The standard InChI is InChI=1S/C8H11N3O5/c1-5(4-10(12)13)3-7-8(11(14)15)6(2)9-16-7/h5H,3-4H2,1-2H3/t5-/m0/s1. The summed E-state index contributed by atoms with van der Waals surface area (Å²) in [6, 6.07) is 0. The molecule has 8 nitrogen and oxygen atoms in total. The molecule has 1 atom stereocenters. The molecule has 1 rings (SSSR count). The lowest BCUT2D eigenvalue weighted by atomic mass is 10.1. The van der Waals surface area contributed by atoms with E-state index in [1.165, 1.54) is 6.92 Å². The van der Waals surface area contributed by atoms with Gasteiger partial charge in [0, 0.05) is 17.3 Å². The van der Waals surface area contributed by atoms with Crippen molar-refractivity contribution in [3.05, 3.63) is 31.7 Å². The lowest BCUT2D eigenvalue weighted by molar-refractivity contribution is -0.487. The third-order valence-corrected chi connectivity index (χ3v) is 2.08. The molecule has 1 aromatic rings. The number of rotatable bonds is 5. The van der Waals surface area contributed by atoms with E-state index in [1.54, 1.807) is 6.92 Å². The van der Waals surface area contributed by atoms with Gasteiger partial charge in [-0.1, -0.05) is 12.1 Å². The fourth-order valence-corrected chi connectivity index (χ4v) is 1.42. The Kier molecular flexibility index (Phi) is 3.54. The Hall–Kier alpha value is -1.99. The van der Waals surface area contributed by atoms with Gasteiger partial charge >= 0.3 is 5.69 Å². The second-order valence-corrected chi connectivity index (χ2v) is 3.62. The minimum Gasteiger partial charge on any atom is -0.354 e. The number of hydrogen-bond donors (Lipinski definition) is 0. The van der Waals surface area contributed by atoms with Gasteiger partial charge in [-0.25, -0.2) is 0 Å². The maximum Gasteiger partial charge on any atom is 0.334 e. The molecule has 0 fully saturated rings. The van der Waals surface area contributed by atoms with Gasteiger partial charge in [-0.2, -0.15) is 0 Å². The molecule has 0 saturated heterocycles. The lowest BCUT2D eigenvalue weighted by Gasteiger charge is -2.02. The van der Waals surface area contributed by atoms with E-state index in [-0.39, 0.29) is 36.0 Å². The molecular weight excluding hydrogens is 218 g/mol. The van der Waals surface area contributed by atoms with E-state index >= 15 is 0 Å². The summed E-state index contributed by atoms with van der Waals surface area (Å²) in [5, 5.41) is 24.4. The fourth-order valence-electron chi connectivity index (χ4n) is 1.42. The molecule has 0 amide bonds. The van der Waals surface area contributed by atoms with Crippen molar-refractivity contribution in [1.82, 2.24) is 5.16 Å². The van der Waals surface area contributed by atoms with Gasteiger partial charge in [0.1, 0.15) is 0 Å². The maximum absolute atomic E-state index is 10.7. The van der Waals surface area contributed by atoms with Crippen LogP contribution < -0.4 is 0 Å². The summed E-state index contributed by atoms with van der Waals surface area (Å²) < 4.78 is 4.79. The number of aromatic nitrogens is 1. The molecule has 0 saturated carbocycles. The van der Waals surface area contributed by atoms with Gasteiger partial charge in [-0.05, 0) is 6.92 Å². The van der Waals surface area contributed by atoms with E-state index in [1.807, 2.05) is 0 Å². The Bertz CT molecular complexity index is 414. The summed E-state index contributed by atoms with van der Waals surface area (Å²) in [6.07, 6.45) is 0.137. The summed E-state index contributed by atoms with van der Waals surface area (Å²) in [6.45, 7) is 2.84. The molecule has 1 heterocycles. The van der Waals surface area contributed by atoms with E-state index in [4.69, 9.17) is 4.52 Å². The number of nitro groups is 2. The molecule has 0 spiro atoms. The second kappa shape index (κ2) is 4.69.